The molecule has 8 heteroatoms. The lowest BCUT2D eigenvalue weighted by atomic mass is 10.1. The number of hydrogen-bond donors (Lipinski definition) is 1. The summed E-state index contributed by atoms with van der Waals surface area (Å²) >= 11 is 0. The van der Waals surface area contributed by atoms with Gasteiger partial charge in [-0.1, -0.05) is 32.9 Å². The predicted octanol–water partition coefficient (Wildman–Crippen LogP) is 5.60. The lowest BCUT2D eigenvalue weighted by Crippen LogP contribution is -2.46. The van der Waals surface area contributed by atoms with Crippen LogP contribution in [0.5, 0.6) is 5.75 Å². The second kappa shape index (κ2) is 11.0. The van der Waals surface area contributed by atoms with Crippen LogP contribution in [0.1, 0.15) is 66.5 Å². The summed E-state index contributed by atoms with van der Waals surface area (Å²) in [5, 5.41) is 3.34. The van der Waals surface area contributed by atoms with Gasteiger partial charge in [-0.05, 0) is 63.8 Å². The number of nitrogens with one attached hydrogen (secondary N) is 1. The largest absolute Gasteiger partial charge is 0.493 e. The second-order valence-corrected chi connectivity index (χ2v) is 10.1. The Morgan fingerprint density at radius 1 is 1.24 bits per heavy atom. The van der Waals surface area contributed by atoms with E-state index in [0.29, 0.717) is 24.3 Å². The number of carbonyl (C=O) groups is 1. The first-order chi connectivity index (χ1) is 16.1. The summed E-state index contributed by atoms with van der Waals surface area (Å²) in [6.45, 7) is 15.3. The zero-order valence-corrected chi connectivity index (χ0v) is 21.4. The molecule has 2 heterocycles. The highest BCUT2D eigenvalue weighted by Gasteiger charge is 2.41. The van der Waals surface area contributed by atoms with Crippen LogP contribution >= 0.6 is 0 Å². The molecule has 1 aliphatic heterocycles. The molecule has 3 atom stereocenters. The molecule has 0 unspecified atom stereocenters. The molecule has 1 aromatic carbocycles. The number of carbonyl (C=O) groups excluding carboxylic acids is 1. The number of amides is 1. The lowest BCUT2D eigenvalue weighted by molar-refractivity contribution is -0.0718. The van der Waals surface area contributed by atoms with E-state index in [2.05, 4.69) is 29.1 Å². The highest BCUT2D eigenvalue weighted by Crippen LogP contribution is 2.29. The van der Waals surface area contributed by atoms with Gasteiger partial charge in [-0.25, -0.2) is 9.78 Å². The van der Waals surface area contributed by atoms with E-state index in [1.165, 1.54) is 0 Å². The van der Waals surface area contributed by atoms with E-state index < -0.39 is 6.09 Å². The zero-order chi connectivity index (χ0) is 24.9. The van der Waals surface area contributed by atoms with E-state index in [1.54, 1.807) is 17.2 Å². The third kappa shape index (κ3) is 6.82. The second-order valence-electron chi connectivity index (χ2n) is 10.1. The SMILES string of the molecule is CC[C@@H](OC(C)(C)C)[C@H]1COC(=O)N1c1ccnc(N[C@@H](C)c2cccc(OCC(C)C)c2)n1. The molecular formula is C26H38N4O4. The van der Waals surface area contributed by atoms with Crippen molar-refractivity contribution in [3.63, 3.8) is 0 Å². The minimum atomic E-state index is -0.423. The van der Waals surface area contributed by atoms with Crippen LogP contribution in [-0.4, -0.2) is 47.0 Å². The molecule has 2 aromatic rings. The summed E-state index contributed by atoms with van der Waals surface area (Å²) in [6.07, 6.45) is 1.80. The number of hydrogen-bond acceptors (Lipinski definition) is 7. The smallest absolute Gasteiger partial charge is 0.416 e. The fourth-order valence-electron chi connectivity index (χ4n) is 3.83. The van der Waals surface area contributed by atoms with Crippen LogP contribution in [0, 0.1) is 5.92 Å². The molecule has 0 spiro atoms. The maximum atomic E-state index is 12.6. The summed E-state index contributed by atoms with van der Waals surface area (Å²) in [5.74, 6) is 2.21. The minimum Gasteiger partial charge on any atom is -0.493 e. The summed E-state index contributed by atoms with van der Waals surface area (Å²) < 4.78 is 17.5. The summed E-state index contributed by atoms with van der Waals surface area (Å²) in [5.41, 5.74) is 0.720. The molecule has 1 N–H and O–H groups in total. The number of aromatic nitrogens is 2. The lowest BCUT2D eigenvalue weighted by Gasteiger charge is -2.33. The summed E-state index contributed by atoms with van der Waals surface area (Å²) in [6, 6.07) is 9.39. The van der Waals surface area contributed by atoms with Gasteiger partial charge >= 0.3 is 6.09 Å². The maximum absolute atomic E-state index is 12.6. The third-order valence-corrected chi connectivity index (χ3v) is 5.42. The van der Waals surface area contributed by atoms with Crippen LogP contribution in [0.2, 0.25) is 0 Å². The first-order valence-electron chi connectivity index (χ1n) is 12.0. The van der Waals surface area contributed by atoms with Crippen LogP contribution < -0.4 is 15.0 Å². The van der Waals surface area contributed by atoms with E-state index in [9.17, 15) is 4.79 Å². The molecule has 3 rings (SSSR count). The van der Waals surface area contributed by atoms with Crippen molar-refractivity contribution < 1.29 is 19.0 Å². The Labute approximate surface area is 203 Å². The average molecular weight is 471 g/mol. The van der Waals surface area contributed by atoms with Crippen molar-refractivity contribution in [1.29, 1.82) is 0 Å². The standard InChI is InChI=1S/C26H38N4O4/c1-8-22(34-26(5,6)7)21-16-33-25(31)30(21)23-12-13-27-24(29-23)28-18(4)19-10-9-11-20(14-19)32-15-17(2)3/h9-14,17-18,21-22H,8,15-16H2,1-7H3,(H,27,28,29)/t18-,21+,22+/m0/s1. The van der Waals surface area contributed by atoms with Gasteiger partial charge in [-0.2, -0.15) is 4.98 Å². The molecule has 8 nitrogen and oxygen atoms in total. The van der Waals surface area contributed by atoms with E-state index in [0.717, 1.165) is 17.7 Å². The number of nitrogens with zero attached hydrogens (tertiary/aromatic N) is 3. The molecule has 1 saturated heterocycles. The van der Waals surface area contributed by atoms with Gasteiger partial charge in [0.15, 0.2) is 0 Å². The monoisotopic (exact) mass is 470 g/mol. The van der Waals surface area contributed by atoms with Crippen molar-refractivity contribution in [1.82, 2.24) is 9.97 Å². The molecule has 0 bridgehead atoms. The van der Waals surface area contributed by atoms with Crippen LogP contribution in [0.15, 0.2) is 36.5 Å². The van der Waals surface area contributed by atoms with Crippen LogP contribution in [0.25, 0.3) is 0 Å². The number of anilines is 2. The van der Waals surface area contributed by atoms with Gasteiger partial charge in [-0.15, -0.1) is 0 Å². The molecule has 1 fully saturated rings. The van der Waals surface area contributed by atoms with Crippen LogP contribution in [-0.2, 0) is 9.47 Å². The highest BCUT2D eigenvalue weighted by atomic mass is 16.6. The number of cyclic esters (lactones) is 1. The van der Waals surface area contributed by atoms with Gasteiger partial charge in [0, 0.05) is 6.20 Å². The molecule has 0 saturated carbocycles. The van der Waals surface area contributed by atoms with E-state index in [4.69, 9.17) is 14.2 Å². The number of rotatable bonds is 10. The Kier molecular flexibility index (Phi) is 8.36. The number of benzene rings is 1. The fourth-order valence-corrected chi connectivity index (χ4v) is 3.83. The van der Waals surface area contributed by atoms with Gasteiger partial charge in [0.2, 0.25) is 5.95 Å². The Morgan fingerprint density at radius 3 is 2.68 bits per heavy atom. The third-order valence-electron chi connectivity index (χ3n) is 5.42. The van der Waals surface area contributed by atoms with Crippen molar-refractivity contribution in [2.45, 2.75) is 78.7 Å². The average Bonchev–Trinajstić information content (AvgIpc) is 3.17. The Hall–Kier alpha value is -2.87. The topological polar surface area (TPSA) is 85.8 Å². The normalized spacial score (nSPS) is 18.1. The van der Waals surface area contributed by atoms with E-state index >= 15 is 0 Å². The quantitative estimate of drug-likeness (QED) is 0.483. The first-order valence-corrected chi connectivity index (χ1v) is 12.0. The van der Waals surface area contributed by atoms with Gasteiger partial charge in [-0.3, -0.25) is 4.90 Å². The van der Waals surface area contributed by atoms with Gasteiger partial charge in [0.1, 0.15) is 24.2 Å². The van der Waals surface area contributed by atoms with Crippen molar-refractivity contribution >= 4 is 17.9 Å². The summed E-state index contributed by atoms with van der Waals surface area (Å²) in [4.78, 5) is 23.2. The Bertz CT molecular complexity index is 960. The van der Waals surface area contributed by atoms with Gasteiger partial charge in [0.25, 0.3) is 0 Å². The summed E-state index contributed by atoms with van der Waals surface area (Å²) in [7, 11) is 0. The van der Waals surface area contributed by atoms with Crippen molar-refractivity contribution in [2.75, 3.05) is 23.4 Å². The van der Waals surface area contributed by atoms with Crippen molar-refractivity contribution in [2.24, 2.45) is 5.92 Å². The molecule has 186 valence electrons. The molecule has 1 aromatic heterocycles. The Morgan fingerprint density at radius 2 is 2.00 bits per heavy atom. The van der Waals surface area contributed by atoms with Crippen LogP contribution in [0.4, 0.5) is 16.6 Å². The van der Waals surface area contributed by atoms with Crippen molar-refractivity contribution in [3.8, 4) is 5.75 Å². The zero-order valence-electron chi connectivity index (χ0n) is 21.4. The molecule has 1 amide bonds. The first kappa shape index (κ1) is 25.7. The maximum Gasteiger partial charge on any atom is 0.416 e. The van der Waals surface area contributed by atoms with Gasteiger partial charge in [0.05, 0.1) is 24.4 Å². The van der Waals surface area contributed by atoms with E-state index in [1.807, 2.05) is 58.9 Å². The minimum absolute atomic E-state index is 0.0632. The highest BCUT2D eigenvalue weighted by molar-refractivity contribution is 5.89. The van der Waals surface area contributed by atoms with E-state index in [-0.39, 0.29) is 30.4 Å². The molecule has 34 heavy (non-hydrogen) atoms. The molecule has 1 aliphatic rings. The molecular weight excluding hydrogens is 432 g/mol. The molecule has 0 radical (unpaired) electrons. The predicted molar refractivity (Wildman–Crippen MR) is 133 cm³/mol. The Balaban J connectivity index is 1.76. The molecule has 0 aliphatic carbocycles. The van der Waals surface area contributed by atoms with Gasteiger partial charge < -0.3 is 19.5 Å². The van der Waals surface area contributed by atoms with Crippen molar-refractivity contribution in [3.05, 3.63) is 42.1 Å². The number of ether oxygens (including phenoxy) is 3. The fraction of sp³-hybridized carbons (Fsp3) is 0.577. The van der Waals surface area contributed by atoms with Crippen LogP contribution in [0.3, 0.4) is 0 Å².